The van der Waals surface area contributed by atoms with Gasteiger partial charge in [0.2, 0.25) is 0 Å². The van der Waals surface area contributed by atoms with Crippen molar-refractivity contribution in [2.24, 2.45) is 0 Å². The summed E-state index contributed by atoms with van der Waals surface area (Å²) >= 11 is 1.56. The predicted octanol–water partition coefficient (Wildman–Crippen LogP) is 5.03. The maximum atomic E-state index is 12.7. The predicted molar refractivity (Wildman–Crippen MR) is 96.0 cm³/mol. The largest absolute Gasteiger partial charge is 0.456 e. The van der Waals surface area contributed by atoms with E-state index in [4.69, 9.17) is 4.74 Å². The molecule has 0 spiro atoms. The van der Waals surface area contributed by atoms with Crippen molar-refractivity contribution < 1.29 is 9.53 Å². The Kier molecular flexibility index (Phi) is 4.31. The molecular weight excluding hydrogens is 304 g/mol. The molecule has 23 heavy (non-hydrogen) atoms. The molecule has 1 aliphatic rings. The highest BCUT2D eigenvalue weighted by atomic mass is 32.2. The van der Waals surface area contributed by atoms with Crippen LogP contribution in [0.25, 0.3) is 5.57 Å². The van der Waals surface area contributed by atoms with E-state index in [0.29, 0.717) is 4.91 Å². The van der Waals surface area contributed by atoms with Crippen LogP contribution in [0.1, 0.15) is 37.5 Å². The first-order valence-corrected chi connectivity index (χ1v) is 8.68. The number of esters is 1. The van der Waals surface area contributed by atoms with E-state index in [2.05, 4.69) is 12.1 Å². The second-order valence-corrected chi connectivity index (χ2v) is 7.50. The Balaban J connectivity index is 2.15. The topological polar surface area (TPSA) is 26.3 Å². The second-order valence-electron chi connectivity index (χ2n) is 6.52. The normalized spacial score (nSPS) is 14.4. The fourth-order valence-electron chi connectivity index (χ4n) is 2.61. The summed E-state index contributed by atoms with van der Waals surface area (Å²) in [6.07, 6.45) is 0. The van der Waals surface area contributed by atoms with Crippen LogP contribution in [-0.2, 0) is 15.3 Å². The zero-order valence-electron chi connectivity index (χ0n) is 13.6. The Bertz CT molecular complexity index is 755. The molecule has 1 heterocycles. The van der Waals surface area contributed by atoms with Crippen LogP contribution in [0.5, 0.6) is 0 Å². The molecule has 1 aliphatic heterocycles. The smallest absolute Gasteiger partial charge is 0.345 e. The minimum Gasteiger partial charge on any atom is -0.456 e. The maximum absolute atomic E-state index is 12.7. The Morgan fingerprint density at radius 1 is 1.00 bits per heavy atom. The zero-order valence-corrected chi connectivity index (χ0v) is 14.4. The van der Waals surface area contributed by atoms with E-state index in [1.807, 2.05) is 63.2 Å². The molecule has 2 aromatic rings. The molecule has 2 aromatic carbocycles. The van der Waals surface area contributed by atoms with Gasteiger partial charge in [-0.3, -0.25) is 0 Å². The Morgan fingerprint density at radius 3 is 2.35 bits per heavy atom. The first-order chi connectivity index (χ1) is 11.0. The van der Waals surface area contributed by atoms with Crippen LogP contribution >= 0.6 is 11.8 Å². The van der Waals surface area contributed by atoms with Gasteiger partial charge in [0.05, 0.1) is 0 Å². The fraction of sp³-hybridized carbons (Fsp3) is 0.250. The summed E-state index contributed by atoms with van der Waals surface area (Å²) < 4.78 is 5.63. The van der Waals surface area contributed by atoms with E-state index in [9.17, 15) is 4.79 Å². The molecule has 0 atom stereocenters. The summed E-state index contributed by atoms with van der Waals surface area (Å²) in [6, 6.07) is 18.3. The Hall–Kier alpha value is -2.00. The summed E-state index contributed by atoms with van der Waals surface area (Å²) in [7, 11) is 0. The van der Waals surface area contributed by atoms with Crippen molar-refractivity contribution in [1.82, 2.24) is 0 Å². The number of fused-ring (bicyclic) bond motifs is 1. The number of carbonyl (C=O) groups is 1. The molecule has 0 bridgehead atoms. The number of carbonyl (C=O) groups excluding carboxylic acids is 1. The van der Waals surface area contributed by atoms with Gasteiger partial charge in [0, 0.05) is 11.3 Å². The van der Waals surface area contributed by atoms with E-state index >= 15 is 0 Å². The van der Waals surface area contributed by atoms with Crippen molar-refractivity contribution in [1.29, 1.82) is 0 Å². The van der Waals surface area contributed by atoms with Gasteiger partial charge >= 0.3 is 5.97 Å². The third-order valence-corrected chi connectivity index (χ3v) is 4.65. The summed E-state index contributed by atoms with van der Waals surface area (Å²) in [4.78, 5) is 13.4. The number of hydrogen-bond donors (Lipinski definition) is 0. The molecular formula is C20H20O2S. The van der Waals surface area contributed by atoms with Crippen molar-refractivity contribution in [3.63, 3.8) is 0 Å². The van der Waals surface area contributed by atoms with Gasteiger partial charge in [-0.05, 0) is 37.5 Å². The Morgan fingerprint density at radius 2 is 1.65 bits per heavy atom. The molecule has 118 valence electrons. The fourth-order valence-corrected chi connectivity index (χ4v) is 3.69. The molecule has 0 amide bonds. The SMILES string of the molecule is CC(C)(C)OC(=O)C1=C(c2ccccc2)c2ccccc2CS1. The maximum Gasteiger partial charge on any atom is 0.345 e. The molecule has 0 aliphatic carbocycles. The monoisotopic (exact) mass is 324 g/mol. The quantitative estimate of drug-likeness (QED) is 0.724. The van der Waals surface area contributed by atoms with Gasteiger partial charge in [-0.1, -0.05) is 54.6 Å². The van der Waals surface area contributed by atoms with Gasteiger partial charge in [-0.15, -0.1) is 11.8 Å². The number of ether oxygens (including phenoxy) is 1. The second kappa shape index (κ2) is 6.25. The van der Waals surface area contributed by atoms with Gasteiger partial charge < -0.3 is 4.74 Å². The van der Waals surface area contributed by atoms with Crippen LogP contribution in [-0.4, -0.2) is 11.6 Å². The molecule has 2 nitrogen and oxygen atoms in total. The molecule has 0 fully saturated rings. The van der Waals surface area contributed by atoms with Crippen LogP contribution < -0.4 is 0 Å². The molecule has 0 radical (unpaired) electrons. The van der Waals surface area contributed by atoms with Gasteiger partial charge in [-0.2, -0.15) is 0 Å². The average molecular weight is 324 g/mol. The molecule has 0 aromatic heterocycles. The minimum absolute atomic E-state index is 0.240. The lowest BCUT2D eigenvalue weighted by molar-refractivity contribution is -0.148. The lowest BCUT2D eigenvalue weighted by atomic mass is 9.93. The first kappa shape index (κ1) is 15.9. The van der Waals surface area contributed by atoms with Crippen LogP contribution in [0.3, 0.4) is 0 Å². The van der Waals surface area contributed by atoms with E-state index in [-0.39, 0.29) is 5.97 Å². The molecule has 0 unspecified atom stereocenters. The van der Waals surface area contributed by atoms with Gasteiger partial charge in [-0.25, -0.2) is 4.79 Å². The third kappa shape index (κ3) is 3.50. The van der Waals surface area contributed by atoms with Crippen molar-refractivity contribution in [2.45, 2.75) is 32.1 Å². The Labute approximate surface area is 141 Å². The number of rotatable bonds is 2. The highest BCUT2D eigenvalue weighted by molar-refractivity contribution is 8.03. The van der Waals surface area contributed by atoms with Gasteiger partial charge in [0.1, 0.15) is 10.5 Å². The van der Waals surface area contributed by atoms with Crippen LogP contribution in [0.2, 0.25) is 0 Å². The van der Waals surface area contributed by atoms with Crippen LogP contribution in [0.4, 0.5) is 0 Å². The number of benzene rings is 2. The van der Waals surface area contributed by atoms with Crippen LogP contribution in [0, 0.1) is 0 Å². The highest BCUT2D eigenvalue weighted by Crippen LogP contribution is 2.42. The van der Waals surface area contributed by atoms with Gasteiger partial charge in [0.15, 0.2) is 0 Å². The summed E-state index contributed by atoms with van der Waals surface area (Å²) in [5, 5.41) is 0. The van der Waals surface area contributed by atoms with Crippen molar-refractivity contribution in [2.75, 3.05) is 0 Å². The van der Waals surface area contributed by atoms with Gasteiger partial charge in [0.25, 0.3) is 0 Å². The van der Waals surface area contributed by atoms with E-state index in [1.54, 1.807) is 11.8 Å². The molecule has 0 saturated carbocycles. The number of hydrogen-bond acceptors (Lipinski definition) is 3. The summed E-state index contributed by atoms with van der Waals surface area (Å²) in [5.74, 6) is 0.553. The molecule has 3 heteroatoms. The highest BCUT2D eigenvalue weighted by Gasteiger charge is 2.28. The van der Waals surface area contributed by atoms with E-state index in [1.165, 1.54) is 5.56 Å². The number of thioether (sulfide) groups is 1. The first-order valence-electron chi connectivity index (χ1n) is 7.70. The van der Waals surface area contributed by atoms with E-state index in [0.717, 1.165) is 22.5 Å². The standard InChI is InChI=1S/C20H20O2S/c1-20(2,3)22-19(21)18-17(14-9-5-4-6-10-14)16-12-8-7-11-15(16)13-23-18/h4-12H,13H2,1-3H3. The lowest BCUT2D eigenvalue weighted by Crippen LogP contribution is -2.25. The lowest BCUT2D eigenvalue weighted by Gasteiger charge is -2.25. The zero-order chi connectivity index (χ0) is 16.4. The molecule has 3 rings (SSSR count). The molecule has 0 N–H and O–H groups in total. The minimum atomic E-state index is -0.497. The van der Waals surface area contributed by atoms with E-state index < -0.39 is 5.60 Å². The molecule has 0 saturated heterocycles. The van der Waals surface area contributed by atoms with Crippen molar-refractivity contribution in [3.05, 3.63) is 76.2 Å². The van der Waals surface area contributed by atoms with Crippen LogP contribution in [0.15, 0.2) is 59.5 Å². The third-order valence-electron chi connectivity index (χ3n) is 3.53. The summed E-state index contributed by atoms with van der Waals surface area (Å²) in [6.45, 7) is 5.69. The van der Waals surface area contributed by atoms with Crippen molar-refractivity contribution >= 4 is 23.3 Å². The summed E-state index contributed by atoms with van der Waals surface area (Å²) in [5.41, 5.74) is 3.91. The van der Waals surface area contributed by atoms with Crippen molar-refractivity contribution in [3.8, 4) is 0 Å². The average Bonchev–Trinajstić information content (AvgIpc) is 2.53.